The van der Waals surface area contributed by atoms with E-state index in [0.717, 1.165) is 16.0 Å². The van der Waals surface area contributed by atoms with Crippen LogP contribution in [0.3, 0.4) is 0 Å². The Morgan fingerprint density at radius 1 is 1.04 bits per heavy atom. The second kappa shape index (κ2) is 5.80. The van der Waals surface area contributed by atoms with Crippen LogP contribution in [-0.2, 0) is 0 Å². The number of aromatic nitrogens is 2. The van der Waals surface area contributed by atoms with Gasteiger partial charge in [-0.3, -0.25) is 0 Å². The molecular weight excluding hydrogens is 326 g/mol. The second-order valence-corrected chi connectivity index (χ2v) is 6.66. The summed E-state index contributed by atoms with van der Waals surface area (Å²) in [6.07, 6.45) is 0. The van der Waals surface area contributed by atoms with E-state index in [2.05, 4.69) is 64.7 Å². The van der Waals surface area contributed by atoms with Gasteiger partial charge >= 0.3 is 0 Å². The molecule has 4 rings (SSSR count). The molecule has 2 aromatic heterocycles. The highest BCUT2D eigenvalue weighted by Crippen LogP contribution is 2.31. The maximum atomic E-state index is 6.05. The van der Waals surface area contributed by atoms with Gasteiger partial charge in [0.1, 0.15) is 5.82 Å². The summed E-state index contributed by atoms with van der Waals surface area (Å²) in [6, 6.07) is 16.8. The summed E-state index contributed by atoms with van der Waals surface area (Å²) in [5, 5.41) is 8.25. The van der Waals surface area contributed by atoms with E-state index in [1.807, 2.05) is 11.4 Å². The van der Waals surface area contributed by atoms with Crippen LogP contribution in [0, 0.1) is 0 Å². The fourth-order valence-corrected chi connectivity index (χ4v) is 3.80. The Morgan fingerprint density at radius 2 is 1.87 bits per heavy atom. The first-order chi connectivity index (χ1) is 11.2. The zero-order chi connectivity index (χ0) is 15.8. The summed E-state index contributed by atoms with van der Waals surface area (Å²) in [5.41, 5.74) is 2.12. The lowest BCUT2D eigenvalue weighted by Crippen LogP contribution is -2.09. The zero-order valence-electron chi connectivity index (χ0n) is 12.5. The third kappa shape index (κ3) is 2.64. The Labute approximate surface area is 143 Å². The smallest absolute Gasteiger partial charge is 0.224 e. The van der Waals surface area contributed by atoms with Crippen LogP contribution in [-0.4, -0.2) is 9.97 Å². The van der Waals surface area contributed by atoms with Crippen molar-refractivity contribution in [2.45, 2.75) is 13.0 Å². The number of rotatable bonds is 3. The zero-order valence-corrected chi connectivity index (χ0v) is 14.0. The highest BCUT2D eigenvalue weighted by molar-refractivity contribution is 7.17. The number of hydrogen-bond donors (Lipinski definition) is 1. The molecule has 0 aliphatic heterocycles. The van der Waals surface area contributed by atoms with Crippen LogP contribution in [0.2, 0.25) is 5.28 Å². The molecule has 0 radical (unpaired) electrons. The number of benzene rings is 2. The third-order valence-electron chi connectivity index (χ3n) is 3.92. The quantitative estimate of drug-likeness (QED) is 0.488. The van der Waals surface area contributed by atoms with Crippen LogP contribution >= 0.6 is 22.9 Å². The number of halogens is 1. The lowest BCUT2D eigenvalue weighted by atomic mass is 10.00. The molecule has 2 aromatic carbocycles. The lowest BCUT2D eigenvalue weighted by molar-refractivity contribution is 0.886. The van der Waals surface area contributed by atoms with Crippen molar-refractivity contribution in [3.63, 3.8) is 0 Å². The standard InChI is InChI=1S/C18H14ClN3S/c1-11(13-8-4-6-12-5-2-3-7-14(12)13)20-17-16-15(9-10-23-16)21-18(19)22-17/h2-11H,1H3,(H,20,21,22)/t11-/m1/s1. The number of fused-ring (bicyclic) bond motifs is 2. The van der Waals surface area contributed by atoms with Crippen molar-refractivity contribution in [3.8, 4) is 0 Å². The molecule has 3 nitrogen and oxygen atoms in total. The fraction of sp³-hybridized carbons (Fsp3) is 0.111. The Balaban J connectivity index is 1.76. The van der Waals surface area contributed by atoms with E-state index < -0.39 is 0 Å². The van der Waals surface area contributed by atoms with E-state index >= 15 is 0 Å². The first-order valence-electron chi connectivity index (χ1n) is 7.37. The van der Waals surface area contributed by atoms with Crippen LogP contribution in [0.1, 0.15) is 18.5 Å². The highest BCUT2D eigenvalue weighted by Gasteiger charge is 2.13. The molecule has 0 spiro atoms. The van der Waals surface area contributed by atoms with Crippen LogP contribution in [0.5, 0.6) is 0 Å². The summed E-state index contributed by atoms with van der Waals surface area (Å²) in [4.78, 5) is 8.62. The van der Waals surface area contributed by atoms with Gasteiger partial charge in [0.25, 0.3) is 0 Å². The molecule has 0 saturated heterocycles. The number of nitrogens with zero attached hydrogens (tertiary/aromatic N) is 2. The lowest BCUT2D eigenvalue weighted by Gasteiger charge is -2.17. The van der Waals surface area contributed by atoms with Crippen molar-refractivity contribution < 1.29 is 0 Å². The van der Waals surface area contributed by atoms with Gasteiger partial charge in [0.15, 0.2) is 0 Å². The Hall–Kier alpha value is -2.17. The van der Waals surface area contributed by atoms with Crippen molar-refractivity contribution in [2.24, 2.45) is 0 Å². The number of thiophene rings is 1. The van der Waals surface area contributed by atoms with Crippen LogP contribution in [0.25, 0.3) is 21.0 Å². The van der Waals surface area contributed by atoms with E-state index in [9.17, 15) is 0 Å². The molecule has 1 N–H and O–H groups in total. The maximum Gasteiger partial charge on any atom is 0.224 e. The minimum Gasteiger partial charge on any atom is -0.362 e. The molecule has 0 fully saturated rings. The first kappa shape index (κ1) is 14.4. The van der Waals surface area contributed by atoms with Crippen molar-refractivity contribution in [2.75, 3.05) is 5.32 Å². The summed E-state index contributed by atoms with van der Waals surface area (Å²) in [5.74, 6) is 0.787. The minimum atomic E-state index is 0.109. The molecule has 1 atom stereocenters. The second-order valence-electron chi connectivity index (χ2n) is 5.41. The summed E-state index contributed by atoms with van der Waals surface area (Å²) in [6.45, 7) is 2.14. The van der Waals surface area contributed by atoms with Crippen LogP contribution in [0.4, 0.5) is 5.82 Å². The molecule has 23 heavy (non-hydrogen) atoms. The maximum absolute atomic E-state index is 6.05. The molecule has 0 unspecified atom stereocenters. The Bertz CT molecular complexity index is 991. The van der Waals surface area contributed by atoms with Crippen LogP contribution in [0.15, 0.2) is 53.9 Å². The van der Waals surface area contributed by atoms with Crippen molar-refractivity contribution in [1.82, 2.24) is 9.97 Å². The molecule has 0 amide bonds. The average molecular weight is 340 g/mol. The van der Waals surface area contributed by atoms with Gasteiger partial charge < -0.3 is 5.32 Å². The largest absolute Gasteiger partial charge is 0.362 e. The number of hydrogen-bond acceptors (Lipinski definition) is 4. The number of anilines is 1. The van der Waals surface area contributed by atoms with Crippen molar-refractivity contribution in [1.29, 1.82) is 0 Å². The van der Waals surface area contributed by atoms with Gasteiger partial charge in [0.2, 0.25) is 5.28 Å². The van der Waals surface area contributed by atoms with Gasteiger partial charge in [-0.2, -0.15) is 4.98 Å². The van der Waals surface area contributed by atoms with Crippen LogP contribution < -0.4 is 5.32 Å². The highest BCUT2D eigenvalue weighted by atomic mass is 35.5. The van der Waals surface area contributed by atoms with Crippen molar-refractivity contribution in [3.05, 3.63) is 64.8 Å². The molecule has 2 heterocycles. The Morgan fingerprint density at radius 3 is 2.78 bits per heavy atom. The van der Waals surface area contributed by atoms with Crippen molar-refractivity contribution >= 4 is 49.7 Å². The normalized spacial score (nSPS) is 12.6. The summed E-state index contributed by atoms with van der Waals surface area (Å²) >= 11 is 7.66. The SMILES string of the molecule is C[C@@H](Nc1nc(Cl)nc2ccsc12)c1cccc2ccccc12. The summed E-state index contributed by atoms with van der Waals surface area (Å²) < 4.78 is 1.03. The molecule has 0 aliphatic carbocycles. The van der Waals surface area contributed by atoms with Gasteiger partial charge in [-0.05, 0) is 46.3 Å². The minimum absolute atomic E-state index is 0.109. The third-order valence-corrected chi connectivity index (χ3v) is 5.00. The predicted molar refractivity (Wildman–Crippen MR) is 98.4 cm³/mol. The topological polar surface area (TPSA) is 37.8 Å². The Kier molecular flexibility index (Phi) is 3.63. The molecule has 4 aromatic rings. The van der Waals surface area contributed by atoms with E-state index in [-0.39, 0.29) is 11.3 Å². The van der Waals surface area contributed by atoms with E-state index in [4.69, 9.17) is 11.6 Å². The molecule has 0 aliphatic rings. The molecule has 114 valence electrons. The molecule has 5 heteroatoms. The van der Waals surface area contributed by atoms with Gasteiger partial charge in [-0.1, -0.05) is 42.5 Å². The van der Waals surface area contributed by atoms with Gasteiger partial charge in [0, 0.05) is 0 Å². The fourth-order valence-electron chi connectivity index (χ4n) is 2.84. The van der Waals surface area contributed by atoms with Gasteiger partial charge in [-0.15, -0.1) is 11.3 Å². The monoisotopic (exact) mass is 339 g/mol. The van der Waals surface area contributed by atoms with E-state index in [1.165, 1.54) is 16.3 Å². The average Bonchev–Trinajstić information content (AvgIpc) is 3.02. The molecule has 0 saturated carbocycles. The number of nitrogens with one attached hydrogen (secondary N) is 1. The first-order valence-corrected chi connectivity index (χ1v) is 8.63. The summed E-state index contributed by atoms with van der Waals surface area (Å²) in [7, 11) is 0. The van der Waals surface area contributed by atoms with Gasteiger partial charge in [0.05, 0.1) is 16.3 Å². The van der Waals surface area contributed by atoms with E-state index in [0.29, 0.717) is 0 Å². The van der Waals surface area contributed by atoms with Gasteiger partial charge in [-0.25, -0.2) is 4.98 Å². The van der Waals surface area contributed by atoms with E-state index in [1.54, 1.807) is 11.3 Å². The molecule has 0 bridgehead atoms. The molecular formula is C18H14ClN3S. The predicted octanol–water partition coefficient (Wildman–Crippen LogP) is 5.67.